The Kier molecular flexibility index (Phi) is 4.08. The van der Waals surface area contributed by atoms with Crippen molar-refractivity contribution in [2.24, 2.45) is 0 Å². The molecule has 0 aliphatic rings. The highest BCUT2D eigenvalue weighted by atomic mass is 35.5. The molecule has 1 rings (SSSR count). The zero-order valence-corrected chi connectivity index (χ0v) is 8.96. The van der Waals surface area contributed by atoms with E-state index in [0.29, 0.717) is 0 Å². The molecule has 0 fully saturated rings. The van der Waals surface area contributed by atoms with Crippen molar-refractivity contribution in [3.05, 3.63) is 29.3 Å². The van der Waals surface area contributed by atoms with E-state index < -0.39 is 0 Å². The van der Waals surface area contributed by atoms with Gasteiger partial charge in [0.1, 0.15) is 0 Å². The first kappa shape index (κ1) is 10.1. The van der Waals surface area contributed by atoms with E-state index in [0.717, 1.165) is 10.7 Å². The molecule has 1 aromatic carbocycles. The lowest BCUT2D eigenvalue weighted by Crippen LogP contribution is -2.21. The third kappa shape index (κ3) is 2.79. The van der Waals surface area contributed by atoms with Gasteiger partial charge in [-0.15, -0.1) is 0 Å². The maximum atomic E-state index is 5.72. The number of nitrogens with zero attached hydrogens (tertiary/aromatic N) is 1. The van der Waals surface area contributed by atoms with Gasteiger partial charge >= 0.3 is 0 Å². The molecular weight excluding hydrogens is 212 g/mol. The maximum absolute atomic E-state index is 5.72. The van der Waals surface area contributed by atoms with Crippen molar-refractivity contribution in [2.75, 3.05) is 10.7 Å². The van der Waals surface area contributed by atoms with Gasteiger partial charge in [0.2, 0.25) is 0 Å². The molecule has 0 heterocycles. The Hall–Kier alpha value is -0.0300. The molecule has 0 unspecified atom stereocenters. The molecule has 0 aliphatic carbocycles. The van der Waals surface area contributed by atoms with Crippen LogP contribution in [-0.4, -0.2) is 6.26 Å². The van der Waals surface area contributed by atoms with Gasteiger partial charge in [-0.1, -0.05) is 23.5 Å². The Bertz CT molecular complexity index is 240. The zero-order chi connectivity index (χ0) is 8.97. The first-order valence-electron chi connectivity index (χ1n) is 3.27. The Morgan fingerprint density at radius 1 is 1.42 bits per heavy atom. The number of benzene rings is 1. The van der Waals surface area contributed by atoms with Gasteiger partial charge in [-0.3, -0.25) is 0 Å². The van der Waals surface area contributed by atoms with E-state index in [1.807, 2.05) is 30.5 Å². The van der Waals surface area contributed by atoms with E-state index in [9.17, 15) is 0 Å². The second-order valence-corrected chi connectivity index (χ2v) is 3.51. The average molecular weight is 221 g/mol. The fourth-order valence-electron chi connectivity index (χ4n) is 0.721. The topological polar surface area (TPSA) is 15.3 Å². The SMILES string of the molecule is CSNN(S)c1ccc(Cl)cc1. The summed E-state index contributed by atoms with van der Waals surface area (Å²) < 4.78 is 1.63. The third-order valence-corrected chi connectivity index (χ3v) is 2.33. The lowest BCUT2D eigenvalue weighted by atomic mass is 10.3. The molecule has 12 heavy (non-hydrogen) atoms. The molecule has 0 spiro atoms. The van der Waals surface area contributed by atoms with Gasteiger partial charge in [0.25, 0.3) is 0 Å². The summed E-state index contributed by atoms with van der Waals surface area (Å²) >= 11 is 11.4. The highest BCUT2D eigenvalue weighted by molar-refractivity contribution is 7.97. The van der Waals surface area contributed by atoms with Crippen LogP contribution < -0.4 is 9.25 Å². The monoisotopic (exact) mass is 220 g/mol. The van der Waals surface area contributed by atoms with Crippen LogP contribution in [0, 0.1) is 0 Å². The van der Waals surface area contributed by atoms with Crippen molar-refractivity contribution in [1.82, 2.24) is 4.83 Å². The van der Waals surface area contributed by atoms with Gasteiger partial charge in [-0.25, -0.2) is 4.41 Å². The minimum Gasteiger partial charge on any atom is -0.244 e. The highest BCUT2D eigenvalue weighted by Gasteiger charge is 1.98. The largest absolute Gasteiger partial charge is 0.244 e. The van der Waals surface area contributed by atoms with E-state index in [1.54, 1.807) is 4.41 Å². The molecular formula is C7H9ClN2S2. The van der Waals surface area contributed by atoms with E-state index in [4.69, 9.17) is 11.6 Å². The standard InChI is InChI=1S/C7H9ClN2S2/c1-12-9-10(11)7-4-2-6(8)3-5-7/h2-5,9,11H,1H3. The van der Waals surface area contributed by atoms with Gasteiger partial charge in [-0.05, 0) is 43.3 Å². The summed E-state index contributed by atoms with van der Waals surface area (Å²) in [5, 5.41) is 0.727. The first-order valence-corrected chi connectivity index (χ1v) is 5.27. The van der Waals surface area contributed by atoms with Gasteiger partial charge in [-0.2, -0.15) is 4.83 Å². The van der Waals surface area contributed by atoms with Crippen molar-refractivity contribution >= 4 is 42.1 Å². The number of hydrogen-bond acceptors (Lipinski definition) is 4. The van der Waals surface area contributed by atoms with Crippen LogP contribution >= 0.6 is 36.4 Å². The predicted octanol–water partition coefficient (Wildman–Crippen LogP) is 2.77. The smallest absolute Gasteiger partial charge is 0.0655 e. The molecule has 0 saturated heterocycles. The van der Waals surface area contributed by atoms with Crippen LogP contribution in [0.2, 0.25) is 5.02 Å². The van der Waals surface area contributed by atoms with Crippen molar-refractivity contribution in [1.29, 1.82) is 0 Å². The number of thiol groups is 1. The fraction of sp³-hybridized carbons (Fsp3) is 0.143. The number of nitrogens with one attached hydrogen (secondary N) is 1. The summed E-state index contributed by atoms with van der Waals surface area (Å²) in [4.78, 5) is 2.95. The quantitative estimate of drug-likeness (QED) is 0.463. The van der Waals surface area contributed by atoms with E-state index >= 15 is 0 Å². The van der Waals surface area contributed by atoms with Gasteiger partial charge in [0, 0.05) is 5.02 Å². The van der Waals surface area contributed by atoms with Gasteiger partial charge in [0.15, 0.2) is 0 Å². The third-order valence-electron chi connectivity index (χ3n) is 1.25. The van der Waals surface area contributed by atoms with Crippen LogP contribution in [0.1, 0.15) is 0 Å². The first-order chi connectivity index (χ1) is 5.74. The molecule has 1 N–H and O–H groups in total. The molecule has 1 aromatic rings. The lowest BCUT2D eigenvalue weighted by Gasteiger charge is -2.16. The van der Waals surface area contributed by atoms with Crippen molar-refractivity contribution < 1.29 is 0 Å². The minimum absolute atomic E-state index is 0.727. The Morgan fingerprint density at radius 2 is 2.00 bits per heavy atom. The van der Waals surface area contributed by atoms with E-state index in [2.05, 4.69) is 17.6 Å². The van der Waals surface area contributed by atoms with E-state index in [-0.39, 0.29) is 0 Å². The second-order valence-electron chi connectivity index (χ2n) is 2.08. The lowest BCUT2D eigenvalue weighted by molar-refractivity contribution is 1.11. The van der Waals surface area contributed by atoms with Crippen molar-refractivity contribution in [3.63, 3.8) is 0 Å². The molecule has 0 atom stereocenters. The number of anilines is 1. The summed E-state index contributed by atoms with van der Waals surface area (Å²) in [5.74, 6) is 0. The van der Waals surface area contributed by atoms with Gasteiger partial charge < -0.3 is 0 Å². The Balaban J connectivity index is 2.68. The van der Waals surface area contributed by atoms with Crippen LogP contribution in [0.15, 0.2) is 24.3 Å². The molecule has 0 aromatic heterocycles. The van der Waals surface area contributed by atoms with Crippen LogP contribution in [0.3, 0.4) is 0 Å². The number of halogens is 1. The second kappa shape index (κ2) is 4.87. The summed E-state index contributed by atoms with van der Waals surface area (Å²) in [6.07, 6.45) is 1.93. The van der Waals surface area contributed by atoms with Gasteiger partial charge in [0.05, 0.1) is 5.69 Å². The normalized spacial score (nSPS) is 9.92. The molecule has 0 radical (unpaired) electrons. The number of hydrogen-bond donors (Lipinski definition) is 2. The Morgan fingerprint density at radius 3 is 2.50 bits per heavy atom. The molecule has 0 aliphatic heterocycles. The van der Waals surface area contributed by atoms with Crippen LogP contribution in [-0.2, 0) is 0 Å². The van der Waals surface area contributed by atoms with E-state index in [1.165, 1.54) is 11.9 Å². The van der Waals surface area contributed by atoms with Crippen molar-refractivity contribution in [2.45, 2.75) is 0 Å². The zero-order valence-electron chi connectivity index (χ0n) is 6.49. The predicted molar refractivity (Wildman–Crippen MR) is 59.6 cm³/mol. The molecule has 66 valence electrons. The minimum atomic E-state index is 0.727. The summed E-state index contributed by atoms with van der Waals surface area (Å²) in [6, 6.07) is 7.42. The molecule has 5 heteroatoms. The maximum Gasteiger partial charge on any atom is 0.0655 e. The fourth-order valence-corrected chi connectivity index (χ4v) is 1.50. The summed E-state index contributed by atoms with van der Waals surface area (Å²) in [5.41, 5.74) is 0.956. The van der Waals surface area contributed by atoms with Crippen LogP contribution in [0.4, 0.5) is 5.69 Å². The molecule has 0 amide bonds. The Labute approximate surface area is 86.9 Å². The highest BCUT2D eigenvalue weighted by Crippen LogP contribution is 2.18. The summed E-state index contributed by atoms with van der Waals surface area (Å²) in [6.45, 7) is 0. The number of rotatable bonds is 3. The number of hydrazine groups is 1. The molecule has 0 bridgehead atoms. The molecule has 2 nitrogen and oxygen atoms in total. The van der Waals surface area contributed by atoms with Crippen LogP contribution in [0.5, 0.6) is 0 Å². The van der Waals surface area contributed by atoms with Crippen LogP contribution in [0.25, 0.3) is 0 Å². The molecule has 0 saturated carbocycles. The summed E-state index contributed by atoms with van der Waals surface area (Å²) in [7, 11) is 0. The average Bonchev–Trinajstić information content (AvgIpc) is 2.06. The van der Waals surface area contributed by atoms with Crippen molar-refractivity contribution in [3.8, 4) is 0 Å².